The van der Waals surface area contributed by atoms with Crippen molar-refractivity contribution >= 4 is 0 Å². The van der Waals surface area contributed by atoms with Crippen molar-refractivity contribution in [1.29, 1.82) is 0 Å². The van der Waals surface area contributed by atoms with Crippen LogP contribution in [-0.2, 0) is 9.47 Å². The maximum absolute atomic E-state index is 5.72. The zero-order chi connectivity index (χ0) is 11.6. The van der Waals surface area contributed by atoms with Gasteiger partial charge in [-0.2, -0.15) is 0 Å². The van der Waals surface area contributed by atoms with E-state index >= 15 is 0 Å². The Balaban J connectivity index is 1.98. The van der Waals surface area contributed by atoms with E-state index in [1.54, 1.807) is 0 Å². The van der Waals surface area contributed by atoms with Gasteiger partial charge in [-0.05, 0) is 32.8 Å². The van der Waals surface area contributed by atoms with E-state index in [-0.39, 0.29) is 5.54 Å². The second kappa shape index (κ2) is 4.86. The van der Waals surface area contributed by atoms with Gasteiger partial charge in [-0.15, -0.1) is 0 Å². The number of morpholine rings is 1. The van der Waals surface area contributed by atoms with Crippen molar-refractivity contribution in [3.05, 3.63) is 11.6 Å². The Hall–Kier alpha value is -0.380. The average molecular weight is 225 g/mol. The Bertz CT molecular complexity index is 273. The Labute approximate surface area is 98.4 Å². The predicted molar refractivity (Wildman–Crippen MR) is 64.6 cm³/mol. The molecule has 16 heavy (non-hydrogen) atoms. The fraction of sp³-hybridized carbons (Fsp3) is 0.846. The van der Waals surface area contributed by atoms with E-state index in [9.17, 15) is 0 Å². The smallest absolute Gasteiger partial charge is 0.0689 e. The number of hydrogen-bond donors (Lipinski definition) is 0. The standard InChI is InChI=1S/C13H23NO2/c1-11-7-14(13(2,3)10-16-11)8-12-5-4-6-15-9-12/h5,11H,4,6-10H2,1-3H3. The molecule has 92 valence electrons. The molecule has 0 N–H and O–H groups in total. The van der Waals surface area contributed by atoms with Crippen LogP contribution in [0.3, 0.4) is 0 Å². The van der Waals surface area contributed by atoms with Crippen LogP contribution in [0.5, 0.6) is 0 Å². The monoisotopic (exact) mass is 225 g/mol. The first-order valence-electron chi connectivity index (χ1n) is 6.20. The Morgan fingerprint density at radius 2 is 2.31 bits per heavy atom. The summed E-state index contributed by atoms with van der Waals surface area (Å²) in [5, 5.41) is 0. The van der Waals surface area contributed by atoms with Gasteiger partial charge in [0, 0.05) is 18.6 Å². The molecule has 2 heterocycles. The highest BCUT2D eigenvalue weighted by molar-refractivity contribution is 5.09. The largest absolute Gasteiger partial charge is 0.377 e. The van der Waals surface area contributed by atoms with Crippen LogP contribution in [-0.4, -0.2) is 49.5 Å². The van der Waals surface area contributed by atoms with Crippen LogP contribution in [0.25, 0.3) is 0 Å². The van der Waals surface area contributed by atoms with Crippen LogP contribution in [0.4, 0.5) is 0 Å². The molecule has 1 atom stereocenters. The van der Waals surface area contributed by atoms with Crippen LogP contribution >= 0.6 is 0 Å². The van der Waals surface area contributed by atoms with Gasteiger partial charge in [0.05, 0.1) is 25.9 Å². The van der Waals surface area contributed by atoms with Gasteiger partial charge in [-0.3, -0.25) is 4.90 Å². The molecule has 0 aromatic rings. The van der Waals surface area contributed by atoms with Gasteiger partial charge in [-0.1, -0.05) is 6.08 Å². The lowest BCUT2D eigenvalue weighted by molar-refractivity contribution is -0.0885. The van der Waals surface area contributed by atoms with E-state index in [1.807, 2.05) is 0 Å². The molecule has 2 aliphatic heterocycles. The Kier molecular flexibility index (Phi) is 3.67. The van der Waals surface area contributed by atoms with Crippen molar-refractivity contribution in [2.45, 2.75) is 38.8 Å². The summed E-state index contributed by atoms with van der Waals surface area (Å²) in [4.78, 5) is 2.52. The Morgan fingerprint density at radius 1 is 1.50 bits per heavy atom. The van der Waals surface area contributed by atoms with E-state index in [4.69, 9.17) is 9.47 Å². The first-order chi connectivity index (χ1) is 7.58. The predicted octanol–water partition coefficient (Wildman–Crippen LogP) is 1.83. The minimum Gasteiger partial charge on any atom is -0.377 e. The van der Waals surface area contributed by atoms with Gasteiger partial charge in [-0.25, -0.2) is 0 Å². The lowest BCUT2D eigenvalue weighted by Crippen LogP contribution is -2.56. The molecule has 0 spiro atoms. The highest BCUT2D eigenvalue weighted by Gasteiger charge is 2.33. The minimum atomic E-state index is 0.144. The first-order valence-corrected chi connectivity index (χ1v) is 6.20. The summed E-state index contributed by atoms with van der Waals surface area (Å²) in [5.74, 6) is 0. The van der Waals surface area contributed by atoms with Crippen LogP contribution < -0.4 is 0 Å². The number of hydrogen-bond acceptors (Lipinski definition) is 3. The molecular weight excluding hydrogens is 202 g/mol. The van der Waals surface area contributed by atoms with E-state index in [0.29, 0.717) is 6.10 Å². The van der Waals surface area contributed by atoms with Crippen LogP contribution in [0.1, 0.15) is 27.2 Å². The summed E-state index contributed by atoms with van der Waals surface area (Å²) >= 11 is 0. The summed E-state index contributed by atoms with van der Waals surface area (Å²) in [5.41, 5.74) is 1.57. The molecule has 0 saturated carbocycles. The van der Waals surface area contributed by atoms with Crippen LogP contribution in [0.15, 0.2) is 11.6 Å². The zero-order valence-corrected chi connectivity index (χ0v) is 10.7. The van der Waals surface area contributed by atoms with Gasteiger partial charge >= 0.3 is 0 Å². The van der Waals surface area contributed by atoms with E-state index in [1.165, 1.54) is 5.57 Å². The van der Waals surface area contributed by atoms with Gasteiger partial charge in [0.15, 0.2) is 0 Å². The molecule has 0 aromatic carbocycles. The van der Waals surface area contributed by atoms with E-state index in [0.717, 1.165) is 39.3 Å². The molecule has 0 radical (unpaired) electrons. The fourth-order valence-corrected chi connectivity index (χ4v) is 2.29. The molecule has 2 rings (SSSR count). The molecule has 1 fully saturated rings. The van der Waals surface area contributed by atoms with Crippen molar-refractivity contribution in [3.63, 3.8) is 0 Å². The number of nitrogens with zero attached hydrogens (tertiary/aromatic N) is 1. The minimum absolute atomic E-state index is 0.144. The Morgan fingerprint density at radius 3 is 3.00 bits per heavy atom. The van der Waals surface area contributed by atoms with Crippen molar-refractivity contribution < 1.29 is 9.47 Å². The second-order valence-electron chi connectivity index (χ2n) is 5.52. The first kappa shape index (κ1) is 12.1. The quantitative estimate of drug-likeness (QED) is 0.669. The molecule has 1 saturated heterocycles. The summed E-state index contributed by atoms with van der Waals surface area (Å²) in [6, 6.07) is 0. The third-order valence-electron chi connectivity index (χ3n) is 3.43. The van der Waals surface area contributed by atoms with Crippen molar-refractivity contribution in [3.8, 4) is 0 Å². The normalized spacial score (nSPS) is 31.2. The van der Waals surface area contributed by atoms with Crippen molar-refractivity contribution in [2.75, 3.05) is 32.9 Å². The van der Waals surface area contributed by atoms with Gasteiger partial charge in [0.25, 0.3) is 0 Å². The van der Waals surface area contributed by atoms with Crippen LogP contribution in [0, 0.1) is 0 Å². The second-order valence-corrected chi connectivity index (χ2v) is 5.52. The molecule has 0 amide bonds. The molecule has 1 unspecified atom stereocenters. The maximum atomic E-state index is 5.72. The third-order valence-corrected chi connectivity index (χ3v) is 3.43. The number of ether oxygens (including phenoxy) is 2. The fourth-order valence-electron chi connectivity index (χ4n) is 2.29. The lowest BCUT2D eigenvalue weighted by atomic mass is 9.99. The van der Waals surface area contributed by atoms with Crippen molar-refractivity contribution in [1.82, 2.24) is 4.90 Å². The third kappa shape index (κ3) is 2.84. The number of rotatable bonds is 2. The molecule has 2 aliphatic rings. The average Bonchev–Trinajstić information content (AvgIpc) is 2.26. The summed E-state index contributed by atoms with van der Waals surface area (Å²) in [7, 11) is 0. The van der Waals surface area contributed by atoms with Gasteiger partial charge in [0.1, 0.15) is 0 Å². The summed E-state index contributed by atoms with van der Waals surface area (Å²) in [6.07, 6.45) is 3.74. The maximum Gasteiger partial charge on any atom is 0.0689 e. The molecular formula is C13H23NO2. The van der Waals surface area contributed by atoms with E-state index in [2.05, 4.69) is 31.7 Å². The summed E-state index contributed by atoms with van der Waals surface area (Å²) < 4.78 is 11.2. The lowest BCUT2D eigenvalue weighted by Gasteiger charge is -2.45. The topological polar surface area (TPSA) is 21.7 Å². The summed E-state index contributed by atoms with van der Waals surface area (Å²) in [6.45, 7) is 11.2. The molecule has 3 nitrogen and oxygen atoms in total. The SMILES string of the molecule is CC1CN(CC2=CCCOC2)C(C)(C)CO1. The van der Waals surface area contributed by atoms with Crippen LogP contribution in [0.2, 0.25) is 0 Å². The van der Waals surface area contributed by atoms with Gasteiger partial charge in [0.2, 0.25) is 0 Å². The van der Waals surface area contributed by atoms with E-state index < -0.39 is 0 Å². The molecule has 0 bridgehead atoms. The zero-order valence-electron chi connectivity index (χ0n) is 10.7. The molecule has 3 heteroatoms. The molecule has 0 aliphatic carbocycles. The highest BCUT2D eigenvalue weighted by Crippen LogP contribution is 2.23. The van der Waals surface area contributed by atoms with Crippen molar-refractivity contribution in [2.24, 2.45) is 0 Å². The van der Waals surface area contributed by atoms with Gasteiger partial charge < -0.3 is 9.47 Å². The molecule has 0 aromatic heterocycles. The highest BCUT2D eigenvalue weighted by atomic mass is 16.5.